The topological polar surface area (TPSA) is 110 Å². The fourth-order valence-electron chi connectivity index (χ4n) is 3.25. The number of amides is 1. The van der Waals surface area contributed by atoms with E-state index in [1.165, 1.54) is 11.8 Å². The molecule has 1 N–H and O–H groups in total. The van der Waals surface area contributed by atoms with Crippen molar-refractivity contribution in [3.05, 3.63) is 58.8 Å². The number of benzene rings is 1. The summed E-state index contributed by atoms with van der Waals surface area (Å²) in [7, 11) is 0. The third kappa shape index (κ3) is 4.38. The smallest absolute Gasteiger partial charge is 0.258 e. The van der Waals surface area contributed by atoms with Crippen molar-refractivity contribution in [3.8, 4) is 11.6 Å². The van der Waals surface area contributed by atoms with Gasteiger partial charge in [0.2, 0.25) is 5.91 Å². The lowest BCUT2D eigenvalue weighted by atomic mass is 10.2. The zero-order valence-corrected chi connectivity index (χ0v) is 18.1. The normalized spacial score (nSPS) is 11.2. The van der Waals surface area contributed by atoms with Crippen LogP contribution in [0.2, 0.25) is 0 Å². The number of nitrogens with zero attached hydrogens (tertiary/aromatic N) is 5. The SMILES string of the molecule is CCN(Cc1nc2ccccc2c(=O)[nH]1)C(=O)CSc1nnc(-c2ccco2)n1CC. The second-order valence-electron chi connectivity index (χ2n) is 6.75. The number of hydrogen-bond donors (Lipinski definition) is 1. The van der Waals surface area contributed by atoms with Crippen LogP contribution in [0.25, 0.3) is 22.5 Å². The zero-order valence-electron chi connectivity index (χ0n) is 17.2. The Hall–Kier alpha value is -3.40. The van der Waals surface area contributed by atoms with Gasteiger partial charge in [-0.05, 0) is 38.1 Å². The lowest BCUT2D eigenvalue weighted by molar-refractivity contribution is -0.128. The van der Waals surface area contributed by atoms with Gasteiger partial charge in [-0.2, -0.15) is 0 Å². The molecular weight excluding hydrogens is 416 g/mol. The highest BCUT2D eigenvalue weighted by atomic mass is 32.2. The van der Waals surface area contributed by atoms with Crippen LogP contribution in [0.3, 0.4) is 0 Å². The van der Waals surface area contributed by atoms with Crippen molar-refractivity contribution in [3.63, 3.8) is 0 Å². The molecule has 0 saturated heterocycles. The highest BCUT2D eigenvalue weighted by molar-refractivity contribution is 7.99. The molecule has 1 aromatic carbocycles. The second-order valence-corrected chi connectivity index (χ2v) is 7.70. The van der Waals surface area contributed by atoms with Crippen molar-refractivity contribution in [2.45, 2.75) is 32.1 Å². The van der Waals surface area contributed by atoms with Crippen LogP contribution in [-0.2, 0) is 17.9 Å². The van der Waals surface area contributed by atoms with E-state index in [1.807, 2.05) is 30.5 Å². The molecule has 0 spiro atoms. The molecule has 4 aromatic rings. The van der Waals surface area contributed by atoms with E-state index in [4.69, 9.17) is 4.42 Å². The fraction of sp³-hybridized carbons (Fsp3) is 0.286. The summed E-state index contributed by atoms with van der Waals surface area (Å²) in [5.74, 6) is 1.85. The molecule has 0 radical (unpaired) electrons. The number of thioether (sulfide) groups is 1. The first-order chi connectivity index (χ1) is 15.1. The molecule has 31 heavy (non-hydrogen) atoms. The minimum Gasteiger partial charge on any atom is -0.461 e. The lowest BCUT2D eigenvalue weighted by Gasteiger charge is -2.20. The fourth-order valence-corrected chi connectivity index (χ4v) is 4.16. The van der Waals surface area contributed by atoms with Crippen molar-refractivity contribution in [2.24, 2.45) is 0 Å². The van der Waals surface area contributed by atoms with Crippen LogP contribution in [0.1, 0.15) is 19.7 Å². The molecule has 0 atom stereocenters. The summed E-state index contributed by atoms with van der Waals surface area (Å²) in [5, 5.41) is 9.60. The molecule has 0 unspecified atom stereocenters. The number of carbonyl (C=O) groups excluding carboxylic acids is 1. The maximum absolute atomic E-state index is 12.8. The number of fused-ring (bicyclic) bond motifs is 1. The standard InChI is InChI=1S/C21H22N6O3S/c1-3-26(12-17-22-15-9-6-5-8-14(15)20(29)23-17)18(28)13-31-21-25-24-19(27(21)4-2)16-10-7-11-30-16/h5-11H,3-4,12-13H2,1-2H3,(H,22,23,29). The van der Waals surface area contributed by atoms with Crippen LogP contribution in [0.4, 0.5) is 0 Å². The maximum atomic E-state index is 12.8. The molecule has 0 bridgehead atoms. The van der Waals surface area contributed by atoms with Gasteiger partial charge in [0.25, 0.3) is 5.56 Å². The first-order valence-corrected chi connectivity index (χ1v) is 10.9. The third-order valence-corrected chi connectivity index (χ3v) is 5.79. The van der Waals surface area contributed by atoms with Crippen LogP contribution in [-0.4, -0.2) is 47.8 Å². The molecule has 3 aromatic heterocycles. The van der Waals surface area contributed by atoms with E-state index >= 15 is 0 Å². The van der Waals surface area contributed by atoms with Gasteiger partial charge in [-0.3, -0.25) is 14.2 Å². The predicted molar refractivity (Wildman–Crippen MR) is 118 cm³/mol. The number of H-pyrrole nitrogens is 1. The number of nitrogens with one attached hydrogen (secondary N) is 1. The average molecular weight is 439 g/mol. The molecule has 0 aliphatic heterocycles. The van der Waals surface area contributed by atoms with Crippen LogP contribution >= 0.6 is 11.8 Å². The summed E-state index contributed by atoms with van der Waals surface area (Å²) in [6.45, 7) is 5.26. The molecule has 160 valence electrons. The van der Waals surface area contributed by atoms with Crippen LogP contribution in [0.5, 0.6) is 0 Å². The van der Waals surface area contributed by atoms with Gasteiger partial charge >= 0.3 is 0 Å². The number of carbonyl (C=O) groups is 1. The number of rotatable bonds is 8. The largest absolute Gasteiger partial charge is 0.461 e. The van der Waals surface area contributed by atoms with Crippen molar-refractivity contribution in [1.29, 1.82) is 0 Å². The number of aromatic amines is 1. The van der Waals surface area contributed by atoms with Gasteiger partial charge in [0.1, 0.15) is 5.82 Å². The van der Waals surface area contributed by atoms with E-state index in [9.17, 15) is 9.59 Å². The minimum absolute atomic E-state index is 0.0755. The summed E-state index contributed by atoms with van der Waals surface area (Å²) < 4.78 is 7.33. The van der Waals surface area contributed by atoms with Crippen molar-refractivity contribution >= 4 is 28.6 Å². The summed E-state index contributed by atoms with van der Waals surface area (Å²) >= 11 is 1.32. The van der Waals surface area contributed by atoms with Crippen LogP contribution in [0.15, 0.2) is 57.0 Å². The Bertz CT molecular complexity index is 1250. The van der Waals surface area contributed by atoms with Crippen molar-refractivity contribution < 1.29 is 9.21 Å². The van der Waals surface area contributed by atoms with E-state index in [-0.39, 0.29) is 23.8 Å². The van der Waals surface area contributed by atoms with Crippen molar-refractivity contribution in [1.82, 2.24) is 29.6 Å². The molecule has 0 aliphatic carbocycles. The van der Waals surface area contributed by atoms with Crippen LogP contribution in [0, 0.1) is 0 Å². The van der Waals surface area contributed by atoms with Gasteiger partial charge in [-0.1, -0.05) is 23.9 Å². The van der Waals surface area contributed by atoms with Gasteiger partial charge in [-0.25, -0.2) is 4.98 Å². The van der Waals surface area contributed by atoms with Crippen molar-refractivity contribution in [2.75, 3.05) is 12.3 Å². The quantitative estimate of drug-likeness (QED) is 0.421. The molecule has 0 saturated carbocycles. The van der Waals surface area contributed by atoms with Gasteiger partial charge < -0.3 is 14.3 Å². The molecule has 0 aliphatic rings. The first kappa shape index (κ1) is 20.9. The number of aromatic nitrogens is 5. The van der Waals surface area contributed by atoms with Gasteiger partial charge in [0.05, 0.1) is 29.5 Å². The number of hydrogen-bond acceptors (Lipinski definition) is 7. The summed E-state index contributed by atoms with van der Waals surface area (Å²) in [6.07, 6.45) is 1.59. The zero-order chi connectivity index (χ0) is 21.8. The third-order valence-electron chi connectivity index (χ3n) is 4.84. The second kappa shape index (κ2) is 9.17. The molecule has 0 fully saturated rings. The Morgan fingerprint density at radius 2 is 2.03 bits per heavy atom. The molecular formula is C21H22N6O3S. The average Bonchev–Trinajstić information content (AvgIpc) is 3.45. The Kier molecular flexibility index (Phi) is 6.17. The molecule has 1 amide bonds. The summed E-state index contributed by atoms with van der Waals surface area (Å²) in [5.41, 5.74) is 0.403. The highest BCUT2D eigenvalue weighted by Crippen LogP contribution is 2.24. The van der Waals surface area contributed by atoms with Gasteiger partial charge in [-0.15, -0.1) is 10.2 Å². The highest BCUT2D eigenvalue weighted by Gasteiger charge is 2.19. The Labute approximate surface area is 182 Å². The minimum atomic E-state index is -0.208. The van der Waals surface area contributed by atoms with Crippen LogP contribution < -0.4 is 5.56 Å². The Morgan fingerprint density at radius 3 is 2.77 bits per heavy atom. The molecule has 10 heteroatoms. The predicted octanol–water partition coefficient (Wildman–Crippen LogP) is 2.94. The van der Waals surface area contributed by atoms with E-state index in [0.29, 0.717) is 46.6 Å². The summed E-state index contributed by atoms with van der Waals surface area (Å²) in [6, 6.07) is 10.8. The maximum Gasteiger partial charge on any atom is 0.258 e. The monoisotopic (exact) mass is 438 g/mol. The molecule has 9 nitrogen and oxygen atoms in total. The number of para-hydroxylation sites is 1. The van der Waals surface area contributed by atoms with E-state index in [1.54, 1.807) is 35.4 Å². The Balaban J connectivity index is 1.46. The summed E-state index contributed by atoms with van der Waals surface area (Å²) in [4.78, 5) is 34.1. The van der Waals surface area contributed by atoms with E-state index in [0.717, 1.165) is 0 Å². The Morgan fingerprint density at radius 1 is 1.19 bits per heavy atom. The first-order valence-electron chi connectivity index (χ1n) is 9.96. The van der Waals surface area contributed by atoms with E-state index in [2.05, 4.69) is 20.2 Å². The molecule has 4 rings (SSSR count). The lowest BCUT2D eigenvalue weighted by Crippen LogP contribution is -2.33. The van der Waals surface area contributed by atoms with E-state index < -0.39 is 0 Å². The molecule has 3 heterocycles. The van der Waals surface area contributed by atoms with Gasteiger partial charge in [0.15, 0.2) is 16.7 Å². The van der Waals surface area contributed by atoms with Gasteiger partial charge in [0, 0.05) is 13.1 Å². The number of furan rings is 1.